The molecule has 0 rings (SSSR count). The first kappa shape index (κ1) is 10.8. The molecule has 0 radical (unpaired) electrons. The van der Waals surface area contributed by atoms with Gasteiger partial charge in [-0.3, -0.25) is 0 Å². The molecule has 1 heteroatoms. The Kier molecular flexibility index (Phi) is 4.86. The largest absolute Gasteiger partial charge is 0.509 e. The zero-order chi connectivity index (χ0) is 9.56. The standard InChI is InChI=1S/C11H16O/c1-9(2)6-5-7-10(3)8-11(4)12/h5-8,12H,4H2,1-3H3/b7-5+,10-8+. The predicted octanol–water partition coefficient (Wildman–Crippen LogP) is 3.53. The van der Waals surface area contributed by atoms with Gasteiger partial charge in [0.2, 0.25) is 0 Å². The summed E-state index contributed by atoms with van der Waals surface area (Å²) in [5, 5.41) is 8.81. The highest BCUT2D eigenvalue weighted by molar-refractivity contribution is 5.26. The predicted molar refractivity (Wildman–Crippen MR) is 54.1 cm³/mol. The zero-order valence-electron chi connectivity index (χ0n) is 7.96. The lowest BCUT2D eigenvalue weighted by Gasteiger charge is -1.90. The molecule has 0 atom stereocenters. The number of hydrogen-bond acceptors (Lipinski definition) is 1. The van der Waals surface area contributed by atoms with Gasteiger partial charge >= 0.3 is 0 Å². The molecule has 0 aliphatic rings. The smallest absolute Gasteiger partial charge is 0.108 e. The van der Waals surface area contributed by atoms with Crippen molar-refractivity contribution >= 4 is 0 Å². The van der Waals surface area contributed by atoms with Gasteiger partial charge in [-0.25, -0.2) is 0 Å². The first-order valence-corrected chi connectivity index (χ1v) is 3.90. The Morgan fingerprint density at radius 1 is 1.25 bits per heavy atom. The number of aliphatic hydroxyl groups excluding tert-OH is 1. The minimum absolute atomic E-state index is 0.0920. The third-order valence-corrected chi connectivity index (χ3v) is 1.18. The fraction of sp³-hybridized carbons (Fsp3) is 0.273. The molecule has 0 saturated heterocycles. The van der Waals surface area contributed by atoms with Gasteiger partial charge in [-0.05, 0) is 32.4 Å². The molecule has 1 nitrogen and oxygen atoms in total. The monoisotopic (exact) mass is 164 g/mol. The van der Waals surface area contributed by atoms with Crippen LogP contribution in [0.3, 0.4) is 0 Å². The lowest BCUT2D eigenvalue weighted by molar-refractivity contribution is 0.435. The van der Waals surface area contributed by atoms with Gasteiger partial charge in [0.1, 0.15) is 5.76 Å². The van der Waals surface area contributed by atoms with Crippen LogP contribution < -0.4 is 0 Å². The van der Waals surface area contributed by atoms with Crippen LogP contribution in [0.25, 0.3) is 0 Å². The zero-order valence-corrected chi connectivity index (χ0v) is 7.96. The van der Waals surface area contributed by atoms with Crippen molar-refractivity contribution in [2.45, 2.75) is 20.8 Å². The Labute approximate surface area is 74.4 Å². The Balaban J connectivity index is 4.18. The molecule has 0 aromatic carbocycles. The molecule has 0 amide bonds. The van der Waals surface area contributed by atoms with E-state index in [0.717, 1.165) is 5.57 Å². The maximum atomic E-state index is 8.81. The third-order valence-electron chi connectivity index (χ3n) is 1.18. The maximum Gasteiger partial charge on any atom is 0.108 e. The fourth-order valence-electron chi connectivity index (χ4n) is 0.703. The minimum atomic E-state index is 0.0920. The normalized spacial score (nSPS) is 11.8. The summed E-state index contributed by atoms with van der Waals surface area (Å²) in [6, 6.07) is 0. The molecule has 0 aromatic rings. The van der Waals surface area contributed by atoms with Crippen LogP contribution in [0.2, 0.25) is 0 Å². The van der Waals surface area contributed by atoms with E-state index in [4.69, 9.17) is 5.11 Å². The van der Waals surface area contributed by atoms with Gasteiger partial charge in [0.05, 0.1) is 0 Å². The molecular formula is C11H16O. The van der Waals surface area contributed by atoms with Crippen molar-refractivity contribution in [3.63, 3.8) is 0 Å². The average molecular weight is 164 g/mol. The Hall–Kier alpha value is -1.24. The second kappa shape index (κ2) is 5.42. The Morgan fingerprint density at radius 2 is 1.83 bits per heavy atom. The fourth-order valence-corrected chi connectivity index (χ4v) is 0.703. The van der Waals surface area contributed by atoms with Crippen LogP contribution >= 0.6 is 0 Å². The summed E-state index contributed by atoms with van der Waals surface area (Å²) < 4.78 is 0. The summed E-state index contributed by atoms with van der Waals surface area (Å²) >= 11 is 0. The molecular weight excluding hydrogens is 148 g/mol. The first-order valence-electron chi connectivity index (χ1n) is 3.90. The van der Waals surface area contributed by atoms with Crippen molar-refractivity contribution in [2.75, 3.05) is 0 Å². The van der Waals surface area contributed by atoms with Crippen molar-refractivity contribution in [2.24, 2.45) is 0 Å². The number of rotatable bonds is 3. The van der Waals surface area contributed by atoms with Gasteiger partial charge in [0.15, 0.2) is 0 Å². The quantitative estimate of drug-likeness (QED) is 0.499. The summed E-state index contributed by atoms with van der Waals surface area (Å²) in [4.78, 5) is 0. The topological polar surface area (TPSA) is 20.2 Å². The summed E-state index contributed by atoms with van der Waals surface area (Å²) in [6.07, 6.45) is 7.51. The molecule has 0 aliphatic carbocycles. The maximum absolute atomic E-state index is 8.81. The molecule has 12 heavy (non-hydrogen) atoms. The molecule has 1 N–H and O–H groups in total. The van der Waals surface area contributed by atoms with E-state index in [1.54, 1.807) is 6.08 Å². The van der Waals surface area contributed by atoms with Gasteiger partial charge in [0, 0.05) is 0 Å². The van der Waals surface area contributed by atoms with Crippen LogP contribution in [0, 0.1) is 0 Å². The van der Waals surface area contributed by atoms with Gasteiger partial charge in [-0.15, -0.1) is 0 Å². The van der Waals surface area contributed by atoms with Crippen LogP contribution in [0.4, 0.5) is 0 Å². The number of aliphatic hydroxyl groups is 1. The molecule has 0 unspecified atom stereocenters. The van der Waals surface area contributed by atoms with E-state index in [0.29, 0.717) is 0 Å². The van der Waals surface area contributed by atoms with E-state index in [2.05, 4.69) is 6.58 Å². The molecule has 0 aliphatic heterocycles. The van der Waals surface area contributed by atoms with E-state index >= 15 is 0 Å². The third kappa shape index (κ3) is 6.87. The lowest BCUT2D eigenvalue weighted by atomic mass is 10.2. The highest BCUT2D eigenvalue weighted by Crippen LogP contribution is 1.99. The van der Waals surface area contributed by atoms with Gasteiger partial charge < -0.3 is 5.11 Å². The summed E-state index contributed by atoms with van der Waals surface area (Å²) in [7, 11) is 0. The van der Waals surface area contributed by atoms with E-state index < -0.39 is 0 Å². The van der Waals surface area contributed by atoms with Crippen molar-refractivity contribution < 1.29 is 5.11 Å². The highest BCUT2D eigenvalue weighted by atomic mass is 16.3. The van der Waals surface area contributed by atoms with Crippen molar-refractivity contribution in [3.8, 4) is 0 Å². The van der Waals surface area contributed by atoms with Crippen LogP contribution in [0.5, 0.6) is 0 Å². The summed E-state index contributed by atoms with van der Waals surface area (Å²) in [6.45, 7) is 9.35. The van der Waals surface area contributed by atoms with Gasteiger partial charge in [-0.1, -0.05) is 30.4 Å². The Bertz CT molecular complexity index is 238. The summed E-state index contributed by atoms with van der Waals surface area (Å²) in [5.74, 6) is 0.0920. The molecule has 66 valence electrons. The van der Waals surface area contributed by atoms with Crippen LogP contribution in [-0.4, -0.2) is 5.11 Å². The van der Waals surface area contributed by atoms with Crippen molar-refractivity contribution in [3.05, 3.63) is 47.8 Å². The van der Waals surface area contributed by atoms with Gasteiger partial charge in [0.25, 0.3) is 0 Å². The second-order valence-corrected chi connectivity index (χ2v) is 2.98. The highest BCUT2D eigenvalue weighted by Gasteiger charge is 1.82. The molecule has 0 spiro atoms. The molecule has 0 fully saturated rings. The minimum Gasteiger partial charge on any atom is -0.509 e. The molecule has 0 heterocycles. The lowest BCUT2D eigenvalue weighted by Crippen LogP contribution is -1.72. The molecule has 0 aromatic heterocycles. The number of hydrogen-bond donors (Lipinski definition) is 1. The molecule has 0 bridgehead atoms. The molecule has 0 saturated carbocycles. The van der Waals surface area contributed by atoms with E-state index in [9.17, 15) is 0 Å². The average Bonchev–Trinajstić information content (AvgIpc) is 1.84. The van der Waals surface area contributed by atoms with E-state index in [1.165, 1.54) is 5.57 Å². The van der Waals surface area contributed by atoms with Gasteiger partial charge in [-0.2, -0.15) is 0 Å². The van der Waals surface area contributed by atoms with Crippen LogP contribution in [0.1, 0.15) is 20.8 Å². The van der Waals surface area contributed by atoms with Crippen molar-refractivity contribution in [1.29, 1.82) is 0 Å². The van der Waals surface area contributed by atoms with E-state index in [-0.39, 0.29) is 5.76 Å². The van der Waals surface area contributed by atoms with Crippen LogP contribution in [-0.2, 0) is 0 Å². The van der Waals surface area contributed by atoms with Crippen LogP contribution in [0.15, 0.2) is 47.8 Å². The SMILES string of the molecule is C=C(O)/C=C(C)/C=C/C=C(C)C. The second-order valence-electron chi connectivity index (χ2n) is 2.98. The summed E-state index contributed by atoms with van der Waals surface area (Å²) in [5.41, 5.74) is 2.24. The van der Waals surface area contributed by atoms with Crippen molar-refractivity contribution in [1.82, 2.24) is 0 Å². The first-order chi connectivity index (χ1) is 5.52. The number of allylic oxidation sites excluding steroid dienone is 6. The van der Waals surface area contributed by atoms with E-state index in [1.807, 2.05) is 39.0 Å². The Morgan fingerprint density at radius 3 is 2.25 bits per heavy atom.